The van der Waals surface area contributed by atoms with E-state index >= 15 is 0 Å². The minimum atomic E-state index is 0.321. The first kappa shape index (κ1) is 15.0. The molecule has 0 aromatic carbocycles. The number of thiophene rings is 1. The van der Waals surface area contributed by atoms with Gasteiger partial charge in [0.1, 0.15) is 10.6 Å². The molecule has 0 atom stereocenters. The zero-order valence-corrected chi connectivity index (χ0v) is 13.9. The molecule has 4 nitrogen and oxygen atoms in total. The monoisotopic (exact) mass is 324 g/mol. The lowest BCUT2D eigenvalue weighted by molar-refractivity contribution is 0.296. The van der Waals surface area contributed by atoms with Crippen LogP contribution in [-0.4, -0.2) is 41.0 Å². The molecule has 0 bridgehead atoms. The fraction of sp³-hybridized carbons (Fsp3) is 0.600. The molecule has 1 aliphatic heterocycles. The number of aromatic nitrogens is 2. The summed E-state index contributed by atoms with van der Waals surface area (Å²) in [6.07, 6.45) is 5.40. The van der Waals surface area contributed by atoms with E-state index in [0.717, 1.165) is 29.1 Å². The largest absolute Gasteiger partial charge is 0.368 e. The van der Waals surface area contributed by atoms with Gasteiger partial charge in [-0.3, -0.25) is 0 Å². The Bertz CT molecular complexity index is 605. The van der Waals surface area contributed by atoms with Crippen LogP contribution in [0.1, 0.15) is 30.6 Å². The molecule has 0 aliphatic carbocycles. The van der Waals surface area contributed by atoms with Crippen LogP contribution in [0.2, 0.25) is 5.28 Å². The molecule has 0 saturated carbocycles. The lowest BCUT2D eigenvalue weighted by Gasteiger charge is -2.20. The summed E-state index contributed by atoms with van der Waals surface area (Å²) in [5.41, 5.74) is 0. The van der Waals surface area contributed by atoms with Gasteiger partial charge in [-0.15, -0.1) is 11.3 Å². The van der Waals surface area contributed by atoms with Crippen LogP contribution in [0.5, 0.6) is 0 Å². The Morgan fingerprint density at radius 2 is 2.00 bits per heavy atom. The summed E-state index contributed by atoms with van der Waals surface area (Å²) in [4.78, 5) is 13.4. The molecular weight excluding hydrogens is 304 g/mol. The molecule has 1 N–H and O–H groups in total. The number of nitrogens with one attached hydrogen (secondary N) is 1. The van der Waals surface area contributed by atoms with Gasteiger partial charge in [-0.05, 0) is 50.5 Å². The predicted molar refractivity (Wildman–Crippen MR) is 90.6 cm³/mol. The number of halogens is 1. The van der Waals surface area contributed by atoms with Crippen LogP contribution in [0, 0.1) is 6.92 Å². The van der Waals surface area contributed by atoms with E-state index in [-0.39, 0.29) is 0 Å². The summed E-state index contributed by atoms with van der Waals surface area (Å²) in [5, 5.41) is 4.84. The molecule has 2 aromatic heterocycles. The lowest BCUT2D eigenvalue weighted by Crippen LogP contribution is -2.30. The standard InChI is InChI=1S/C15H21ClN4S/c1-11-10-12-13(18-15(16)19-14(12)21-11)17-6-9-20-7-4-2-3-5-8-20/h10H,2-9H2,1H3,(H,17,18,19). The molecule has 6 heteroatoms. The first-order valence-corrected chi connectivity index (χ1v) is 8.82. The summed E-state index contributed by atoms with van der Waals surface area (Å²) in [6.45, 7) is 6.49. The van der Waals surface area contributed by atoms with Crippen molar-refractivity contribution in [1.82, 2.24) is 14.9 Å². The zero-order chi connectivity index (χ0) is 14.7. The van der Waals surface area contributed by atoms with Crippen LogP contribution >= 0.6 is 22.9 Å². The van der Waals surface area contributed by atoms with Crippen molar-refractivity contribution in [2.24, 2.45) is 0 Å². The summed E-state index contributed by atoms with van der Waals surface area (Å²) >= 11 is 7.68. The third-order valence-corrected chi connectivity index (χ3v) is 5.02. The van der Waals surface area contributed by atoms with Crippen molar-refractivity contribution < 1.29 is 0 Å². The normalized spacial score (nSPS) is 17.0. The van der Waals surface area contributed by atoms with Gasteiger partial charge in [0.2, 0.25) is 5.28 Å². The Kier molecular flexibility index (Phi) is 4.93. The van der Waals surface area contributed by atoms with Crippen LogP contribution in [0.15, 0.2) is 6.07 Å². The van der Waals surface area contributed by atoms with E-state index in [9.17, 15) is 0 Å². The molecule has 3 rings (SSSR count). The molecule has 2 aromatic rings. The third-order valence-electron chi connectivity index (χ3n) is 3.91. The van der Waals surface area contributed by atoms with Crippen molar-refractivity contribution in [3.63, 3.8) is 0 Å². The van der Waals surface area contributed by atoms with E-state index in [0.29, 0.717) is 5.28 Å². The van der Waals surface area contributed by atoms with Crippen LogP contribution in [0.25, 0.3) is 10.2 Å². The van der Waals surface area contributed by atoms with Crippen molar-refractivity contribution in [1.29, 1.82) is 0 Å². The minimum absolute atomic E-state index is 0.321. The minimum Gasteiger partial charge on any atom is -0.368 e. The fourth-order valence-corrected chi connectivity index (χ4v) is 3.94. The molecule has 3 heterocycles. The van der Waals surface area contributed by atoms with Gasteiger partial charge in [0.25, 0.3) is 0 Å². The molecule has 114 valence electrons. The van der Waals surface area contributed by atoms with Gasteiger partial charge in [-0.1, -0.05) is 12.8 Å². The predicted octanol–water partition coefficient (Wildman–Crippen LogP) is 3.94. The first-order valence-electron chi connectivity index (χ1n) is 7.62. The number of fused-ring (bicyclic) bond motifs is 1. The molecule has 1 aliphatic rings. The Balaban J connectivity index is 1.64. The Hall–Kier alpha value is -0.910. The highest BCUT2D eigenvalue weighted by atomic mass is 35.5. The average molecular weight is 325 g/mol. The average Bonchev–Trinajstić information content (AvgIpc) is 2.66. The van der Waals surface area contributed by atoms with Crippen LogP contribution in [0.3, 0.4) is 0 Å². The molecular formula is C15H21ClN4S. The van der Waals surface area contributed by atoms with Crippen molar-refractivity contribution >= 4 is 39.0 Å². The summed E-state index contributed by atoms with van der Waals surface area (Å²) < 4.78 is 0. The fourth-order valence-electron chi connectivity index (χ4n) is 2.84. The van der Waals surface area contributed by atoms with E-state index in [1.807, 2.05) is 0 Å². The second kappa shape index (κ2) is 6.90. The molecule has 0 unspecified atom stereocenters. The van der Waals surface area contributed by atoms with Gasteiger partial charge in [-0.2, -0.15) is 0 Å². The van der Waals surface area contributed by atoms with Crippen LogP contribution in [-0.2, 0) is 0 Å². The number of rotatable bonds is 4. The Morgan fingerprint density at radius 1 is 1.24 bits per heavy atom. The van der Waals surface area contributed by atoms with Crippen LogP contribution < -0.4 is 5.32 Å². The number of anilines is 1. The maximum Gasteiger partial charge on any atom is 0.225 e. The van der Waals surface area contributed by atoms with E-state index in [4.69, 9.17) is 11.6 Å². The zero-order valence-electron chi connectivity index (χ0n) is 12.4. The highest BCUT2D eigenvalue weighted by Crippen LogP contribution is 2.29. The highest BCUT2D eigenvalue weighted by Gasteiger charge is 2.11. The number of aryl methyl sites for hydroxylation is 1. The van der Waals surface area contributed by atoms with Crippen LogP contribution in [0.4, 0.5) is 5.82 Å². The maximum absolute atomic E-state index is 6.02. The maximum atomic E-state index is 6.02. The number of likely N-dealkylation sites (tertiary alicyclic amines) is 1. The Labute approximate surface area is 134 Å². The second-order valence-corrected chi connectivity index (χ2v) is 7.17. The van der Waals surface area contributed by atoms with Gasteiger partial charge in [0.15, 0.2) is 0 Å². The second-order valence-electron chi connectivity index (χ2n) is 5.60. The Morgan fingerprint density at radius 3 is 2.76 bits per heavy atom. The van der Waals surface area contributed by atoms with Crippen molar-refractivity contribution in [2.45, 2.75) is 32.6 Å². The molecule has 21 heavy (non-hydrogen) atoms. The van der Waals surface area contributed by atoms with Crippen molar-refractivity contribution in [3.05, 3.63) is 16.2 Å². The molecule has 0 amide bonds. The number of hydrogen-bond donors (Lipinski definition) is 1. The first-order chi connectivity index (χ1) is 10.2. The summed E-state index contributed by atoms with van der Waals surface area (Å²) in [7, 11) is 0. The highest BCUT2D eigenvalue weighted by molar-refractivity contribution is 7.18. The van der Waals surface area contributed by atoms with Gasteiger partial charge < -0.3 is 10.2 Å². The summed E-state index contributed by atoms with van der Waals surface area (Å²) in [5.74, 6) is 0.865. The smallest absolute Gasteiger partial charge is 0.225 e. The summed E-state index contributed by atoms with van der Waals surface area (Å²) in [6, 6.07) is 2.13. The van der Waals surface area contributed by atoms with E-state index < -0.39 is 0 Å². The van der Waals surface area contributed by atoms with E-state index in [1.54, 1.807) is 11.3 Å². The van der Waals surface area contributed by atoms with E-state index in [1.165, 1.54) is 43.6 Å². The van der Waals surface area contributed by atoms with Crippen molar-refractivity contribution in [3.8, 4) is 0 Å². The number of hydrogen-bond acceptors (Lipinski definition) is 5. The molecule has 1 fully saturated rings. The van der Waals surface area contributed by atoms with E-state index in [2.05, 4.69) is 33.2 Å². The molecule has 0 spiro atoms. The molecule has 0 radical (unpaired) electrons. The lowest BCUT2D eigenvalue weighted by atomic mass is 10.2. The van der Waals surface area contributed by atoms with Gasteiger partial charge in [0, 0.05) is 18.0 Å². The van der Waals surface area contributed by atoms with Gasteiger partial charge in [-0.25, -0.2) is 9.97 Å². The van der Waals surface area contributed by atoms with Gasteiger partial charge in [0.05, 0.1) is 5.39 Å². The third kappa shape index (κ3) is 3.84. The quantitative estimate of drug-likeness (QED) is 0.865. The molecule has 1 saturated heterocycles. The topological polar surface area (TPSA) is 41.0 Å². The van der Waals surface area contributed by atoms with Gasteiger partial charge >= 0.3 is 0 Å². The number of nitrogens with zero attached hydrogens (tertiary/aromatic N) is 3. The van der Waals surface area contributed by atoms with Crippen molar-refractivity contribution in [2.75, 3.05) is 31.5 Å². The SMILES string of the molecule is Cc1cc2c(NCCN3CCCCCC3)nc(Cl)nc2s1.